The van der Waals surface area contributed by atoms with Crippen LogP contribution in [0.25, 0.3) is 0 Å². The molecule has 29 heavy (non-hydrogen) atoms. The highest BCUT2D eigenvalue weighted by molar-refractivity contribution is 5.95. The second-order valence-electron chi connectivity index (χ2n) is 7.36. The topological polar surface area (TPSA) is 99.1 Å². The Kier molecular flexibility index (Phi) is 6.26. The largest absolute Gasteiger partial charge is 0.508 e. The first-order chi connectivity index (χ1) is 13.8. The molecule has 1 heterocycles. The molecular weight excluding hydrogens is 372 g/mol. The first-order valence-corrected chi connectivity index (χ1v) is 9.64. The standard InChI is InChI=1S/C22H26N2O5/c1-14-4-3-5-20(15(14)2)29-13-21(27)23-17-6-8-24(9-7-17)22(28)16-10-18(25)12-19(26)11-16/h3-5,10-12,17,25-26H,6-9,13H2,1-2H3,(H,23,27). The predicted octanol–water partition coefficient (Wildman–Crippen LogP) is 2.51. The number of carbonyl (C=O) groups is 2. The predicted molar refractivity (Wildman–Crippen MR) is 108 cm³/mol. The molecule has 0 aliphatic carbocycles. The van der Waals surface area contributed by atoms with Crippen molar-refractivity contribution < 1.29 is 24.5 Å². The third-order valence-electron chi connectivity index (χ3n) is 5.21. The van der Waals surface area contributed by atoms with Gasteiger partial charge >= 0.3 is 0 Å². The van der Waals surface area contributed by atoms with Gasteiger partial charge in [-0.15, -0.1) is 0 Å². The number of nitrogens with one attached hydrogen (secondary N) is 1. The van der Waals surface area contributed by atoms with Crippen molar-refractivity contribution in [3.8, 4) is 17.2 Å². The average Bonchev–Trinajstić information content (AvgIpc) is 2.68. The van der Waals surface area contributed by atoms with Crippen LogP contribution in [-0.4, -0.2) is 52.7 Å². The van der Waals surface area contributed by atoms with Crippen LogP contribution in [0.3, 0.4) is 0 Å². The Morgan fingerprint density at radius 2 is 1.76 bits per heavy atom. The molecule has 0 spiro atoms. The summed E-state index contributed by atoms with van der Waals surface area (Å²) < 4.78 is 5.64. The maximum atomic E-state index is 12.5. The van der Waals surface area contributed by atoms with E-state index in [1.165, 1.54) is 18.2 Å². The van der Waals surface area contributed by atoms with Gasteiger partial charge < -0.3 is 25.2 Å². The minimum atomic E-state index is -0.251. The number of hydrogen-bond acceptors (Lipinski definition) is 5. The van der Waals surface area contributed by atoms with Crippen molar-refractivity contribution >= 4 is 11.8 Å². The Bertz CT molecular complexity index is 884. The van der Waals surface area contributed by atoms with Crippen LogP contribution in [0.5, 0.6) is 17.2 Å². The molecule has 0 aromatic heterocycles. The molecule has 1 saturated heterocycles. The van der Waals surface area contributed by atoms with Crippen molar-refractivity contribution in [3.05, 3.63) is 53.1 Å². The molecule has 0 bridgehead atoms. The number of nitrogens with zero attached hydrogens (tertiary/aromatic N) is 1. The molecular formula is C22H26N2O5. The van der Waals surface area contributed by atoms with Crippen LogP contribution in [0.2, 0.25) is 0 Å². The molecule has 2 aromatic rings. The van der Waals surface area contributed by atoms with Gasteiger partial charge in [0.15, 0.2) is 6.61 Å². The molecule has 2 amide bonds. The fraction of sp³-hybridized carbons (Fsp3) is 0.364. The fourth-order valence-electron chi connectivity index (χ4n) is 3.42. The summed E-state index contributed by atoms with van der Waals surface area (Å²) in [5, 5.41) is 22.1. The maximum Gasteiger partial charge on any atom is 0.258 e. The molecule has 3 rings (SSSR count). The zero-order valence-corrected chi connectivity index (χ0v) is 16.6. The summed E-state index contributed by atoms with van der Waals surface area (Å²) in [6.07, 6.45) is 1.26. The lowest BCUT2D eigenvalue weighted by atomic mass is 10.0. The molecule has 2 aromatic carbocycles. The average molecular weight is 398 g/mol. The van der Waals surface area contributed by atoms with E-state index in [2.05, 4.69) is 5.32 Å². The highest BCUT2D eigenvalue weighted by Gasteiger charge is 2.25. The van der Waals surface area contributed by atoms with Crippen LogP contribution in [0, 0.1) is 13.8 Å². The monoisotopic (exact) mass is 398 g/mol. The maximum absolute atomic E-state index is 12.5. The lowest BCUT2D eigenvalue weighted by Crippen LogP contribution is -2.47. The summed E-state index contributed by atoms with van der Waals surface area (Å²) >= 11 is 0. The highest BCUT2D eigenvalue weighted by Crippen LogP contribution is 2.23. The van der Waals surface area contributed by atoms with Gasteiger partial charge in [0, 0.05) is 30.8 Å². The van der Waals surface area contributed by atoms with E-state index < -0.39 is 0 Å². The quantitative estimate of drug-likeness (QED) is 0.719. The van der Waals surface area contributed by atoms with Crippen molar-refractivity contribution in [1.29, 1.82) is 0 Å². The minimum Gasteiger partial charge on any atom is -0.508 e. The Hall–Kier alpha value is -3.22. The first-order valence-electron chi connectivity index (χ1n) is 9.64. The number of hydrogen-bond donors (Lipinski definition) is 3. The molecule has 154 valence electrons. The molecule has 0 radical (unpaired) electrons. The number of rotatable bonds is 5. The van der Waals surface area contributed by atoms with E-state index in [4.69, 9.17) is 4.74 Å². The number of piperidine rings is 1. The Morgan fingerprint density at radius 1 is 1.10 bits per heavy atom. The zero-order valence-electron chi connectivity index (χ0n) is 16.6. The van der Waals surface area contributed by atoms with Crippen LogP contribution in [0.4, 0.5) is 0 Å². The number of phenols is 2. The smallest absolute Gasteiger partial charge is 0.258 e. The van der Waals surface area contributed by atoms with Gasteiger partial charge in [0.1, 0.15) is 17.2 Å². The lowest BCUT2D eigenvalue weighted by Gasteiger charge is -2.32. The molecule has 0 atom stereocenters. The van der Waals surface area contributed by atoms with E-state index in [9.17, 15) is 19.8 Å². The van der Waals surface area contributed by atoms with Crippen molar-refractivity contribution in [1.82, 2.24) is 10.2 Å². The third-order valence-corrected chi connectivity index (χ3v) is 5.21. The van der Waals surface area contributed by atoms with E-state index >= 15 is 0 Å². The van der Waals surface area contributed by atoms with E-state index in [0.29, 0.717) is 31.7 Å². The third kappa shape index (κ3) is 5.19. The molecule has 0 saturated carbocycles. The van der Waals surface area contributed by atoms with Crippen LogP contribution < -0.4 is 10.1 Å². The molecule has 1 aliphatic rings. The Morgan fingerprint density at radius 3 is 2.41 bits per heavy atom. The van der Waals surface area contributed by atoms with Gasteiger partial charge in [-0.1, -0.05) is 12.1 Å². The normalized spacial score (nSPS) is 14.5. The van der Waals surface area contributed by atoms with Gasteiger partial charge in [-0.25, -0.2) is 0 Å². The molecule has 7 heteroatoms. The van der Waals surface area contributed by atoms with Crippen LogP contribution in [-0.2, 0) is 4.79 Å². The summed E-state index contributed by atoms with van der Waals surface area (Å²) in [4.78, 5) is 26.4. The first kappa shape index (κ1) is 20.5. The molecule has 3 N–H and O–H groups in total. The number of ether oxygens (including phenoxy) is 1. The van der Waals surface area contributed by atoms with Crippen molar-refractivity contribution in [2.45, 2.75) is 32.7 Å². The van der Waals surface area contributed by atoms with Gasteiger partial charge in [0.05, 0.1) is 0 Å². The van der Waals surface area contributed by atoms with Crippen LogP contribution in [0.1, 0.15) is 34.3 Å². The summed E-state index contributed by atoms with van der Waals surface area (Å²) in [5.74, 6) is -0.0403. The van der Waals surface area contributed by atoms with E-state index in [0.717, 1.165) is 11.1 Å². The van der Waals surface area contributed by atoms with Crippen molar-refractivity contribution in [2.24, 2.45) is 0 Å². The van der Waals surface area contributed by atoms with Crippen molar-refractivity contribution in [3.63, 3.8) is 0 Å². The molecule has 1 aliphatic heterocycles. The van der Waals surface area contributed by atoms with Gasteiger partial charge in [0.2, 0.25) is 0 Å². The Labute approximate surface area is 169 Å². The Balaban J connectivity index is 1.47. The molecule has 0 unspecified atom stereocenters. The minimum absolute atomic E-state index is 0.0219. The van der Waals surface area contributed by atoms with E-state index in [1.54, 1.807) is 4.90 Å². The number of carbonyl (C=O) groups excluding carboxylic acids is 2. The highest BCUT2D eigenvalue weighted by atomic mass is 16.5. The number of phenolic OH excluding ortho intramolecular Hbond substituents is 2. The van der Waals surface area contributed by atoms with Crippen molar-refractivity contribution in [2.75, 3.05) is 19.7 Å². The number of likely N-dealkylation sites (tertiary alicyclic amines) is 1. The number of aromatic hydroxyl groups is 2. The molecule has 7 nitrogen and oxygen atoms in total. The second-order valence-corrected chi connectivity index (χ2v) is 7.36. The second kappa shape index (κ2) is 8.86. The number of amides is 2. The summed E-state index contributed by atoms with van der Waals surface area (Å²) in [6, 6.07) is 9.56. The van der Waals surface area contributed by atoms with E-state index in [-0.39, 0.29) is 41.5 Å². The lowest BCUT2D eigenvalue weighted by molar-refractivity contribution is -0.124. The molecule has 1 fully saturated rings. The summed E-state index contributed by atoms with van der Waals surface area (Å²) in [7, 11) is 0. The van der Waals surface area contributed by atoms with E-state index in [1.807, 2.05) is 32.0 Å². The fourth-order valence-corrected chi connectivity index (χ4v) is 3.42. The zero-order chi connectivity index (χ0) is 21.0. The van der Waals surface area contributed by atoms with Gasteiger partial charge in [-0.2, -0.15) is 0 Å². The van der Waals surface area contributed by atoms with Crippen LogP contribution in [0.15, 0.2) is 36.4 Å². The summed E-state index contributed by atoms with van der Waals surface area (Å²) in [6.45, 7) is 4.87. The van der Waals surface area contributed by atoms with Gasteiger partial charge in [-0.05, 0) is 56.0 Å². The number of benzene rings is 2. The number of aryl methyl sites for hydroxylation is 1. The van der Waals surface area contributed by atoms with Gasteiger partial charge in [-0.3, -0.25) is 9.59 Å². The summed E-state index contributed by atoms with van der Waals surface area (Å²) in [5.41, 5.74) is 2.37. The SMILES string of the molecule is Cc1cccc(OCC(=O)NC2CCN(C(=O)c3cc(O)cc(O)c3)CC2)c1C. The van der Waals surface area contributed by atoms with Crippen LogP contribution >= 0.6 is 0 Å². The van der Waals surface area contributed by atoms with Gasteiger partial charge in [0.25, 0.3) is 11.8 Å².